The quantitative estimate of drug-likeness (QED) is 0.0726. The van der Waals surface area contributed by atoms with Crippen molar-refractivity contribution in [2.75, 3.05) is 43.8 Å². The predicted octanol–water partition coefficient (Wildman–Crippen LogP) is 26.3. The standard InChI is InChI=1S/C15H14OS.C15H16S2.C14H14O2S2.C14H14OS.C10H14S.C9H12S.C8H10S/c1-11-3-5-12(6-4-11)15(16)13-7-9-14(17-2)10-8-13;1-11-4-7-13(8-5-11)17-15-10-12(2)6-9-14(15)16-3;1-11-3-7-13(8-4-11)18(15,16)14-9-5-12(17-2)6-10-14;1-11-3-5-12(6-4-11)15-13-7-9-14(16-2)10-8-13;1-7-5-9(3)10(11-4)6-8(7)2;1-7-4-5-9(10-3)8(2)6-7;1-7-4-3-5-8(6-7)9-2/h3-10H,1-2H3;4-10H,1-3H3;3-10H,1-2H3;3-10H,1-2H3;5-6H,1-4H3;4-6H,1-3H3;3-6H,1-2H3. The molecule has 11 aromatic carbocycles. The number of sulfone groups is 1. The summed E-state index contributed by atoms with van der Waals surface area (Å²) in [6.07, 6.45) is 14.5. The van der Waals surface area contributed by atoms with Gasteiger partial charge in [-0.05, 0) is 293 Å². The van der Waals surface area contributed by atoms with E-state index < -0.39 is 9.84 Å². The van der Waals surface area contributed by atoms with Crippen molar-refractivity contribution in [1.82, 2.24) is 0 Å². The minimum absolute atomic E-state index is 0.0812. The van der Waals surface area contributed by atoms with E-state index in [1.165, 1.54) is 94.8 Å². The molecule has 98 heavy (non-hydrogen) atoms. The maximum Gasteiger partial charge on any atom is 0.206 e. The fraction of sp³-hybridized carbons (Fsp3) is 0.212. The molecule has 11 aromatic rings. The Labute approximate surface area is 622 Å². The number of rotatable bonds is 15. The number of benzene rings is 11. The van der Waals surface area contributed by atoms with E-state index in [2.05, 4.69) is 203 Å². The highest BCUT2D eigenvalue weighted by atomic mass is 32.2. The van der Waals surface area contributed by atoms with Gasteiger partial charge in [-0.3, -0.25) is 4.79 Å². The van der Waals surface area contributed by atoms with Crippen LogP contribution in [0.2, 0.25) is 0 Å². The van der Waals surface area contributed by atoms with Gasteiger partial charge in [-0.2, -0.15) is 0 Å². The van der Waals surface area contributed by atoms with Gasteiger partial charge >= 0.3 is 0 Å². The molecule has 0 heterocycles. The molecule has 0 fully saturated rings. The molecule has 0 radical (unpaired) electrons. The number of ether oxygens (including phenoxy) is 1. The van der Waals surface area contributed by atoms with Gasteiger partial charge in [0.15, 0.2) is 5.78 Å². The van der Waals surface area contributed by atoms with E-state index in [1.54, 1.807) is 94.8 Å². The van der Waals surface area contributed by atoms with Crippen molar-refractivity contribution >= 4 is 110 Å². The largest absolute Gasteiger partial charge is 0.457 e. The summed E-state index contributed by atoms with van der Waals surface area (Å²) in [6, 6.07) is 80.3. The summed E-state index contributed by atoms with van der Waals surface area (Å²) < 4.78 is 30.4. The number of aryl methyl sites for hydroxylation is 11. The van der Waals surface area contributed by atoms with Gasteiger partial charge in [0, 0.05) is 55.2 Å². The molecule has 0 aliphatic heterocycles. The third-order valence-corrected chi connectivity index (χ3v) is 23.5. The normalized spacial score (nSPS) is 10.4. The second-order valence-corrected chi connectivity index (χ2v) is 32.1. The Balaban J connectivity index is 0.000000209. The molecule has 0 bridgehead atoms. The molecular weight excluding hydrogens is 1370 g/mol. The second-order valence-electron chi connectivity index (χ2n) is 23.0. The van der Waals surface area contributed by atoms with Crippen molar-refractivity contribution < 1.29 is 17.9 Å². The number of thioether (sulfide) groups is 7. The van der Waals surface area contributed by atoms with Crippen LogP contribution in [0.3, 0.4) is 0 Å². The summed E-state index contributed by atoms with van der Waals surface area (Å²) in [5.41, 5.74) is 15.8. The zero-order valence-corrected chi connectivity index (χ0v) is 67.2. The van der Waals surface area contributed by atoms with E-state index in [0.717, 1.165) is 33.1 Å². The van der Waals surface area contributed by atoms with Crippen molar-refractivity contribution in [1.29, 1.82) is 0 Å². The van der Waals surface area contributed by atoms with Crippen LogP contribution in [0.5, 0.6) is 11.5 Å². The van der Waals surface area contributed by atoms with E-state index in [0.29, 0.717) is 9.79 Å². The van der Waals surface area contributed by atoms with E-state index in [1.807, 2.05) is 159 Å². The molecule has 0 N–H and O–H groups in total. The predicted molar refractivity (Wildman–Crippen MR) is 439 cm³/mol. The zero-order valence-electron chi connectivity index (χ0n) is 59.9. The first-order valence-electron chi connectivity index (χ1n) is 31.8. The molecule has 0 spiro atoms. The summed E-state index contributed by atoms with van der Waals surface area (Å²) in [4.78, 5) is 24.4. The molecule has 0 aliphatic rings. The minimum Gasteiger partial charge on any atom is -0.457 e. The number of hydrogen-bond acceptors (Lipinski definition) is 12. The lowest BCUT2D eigenvalue weighted by molar-refractivity contribution is 0.103. The average molecular weight is 1470 g/mol. The van der Waals surface area contributed by atoms with Crippen LogP contribution in [-0.2, 0) is 9.84 Å². The summed E-state index contributed by atoms with van der Waals surface area (Å²) >= 11 is 14.0. The monoisotopic (exact) mass is 1470 g/mol. The van der Waals surface area contributed by atoms with Crippen molar-refractivity contribution in [3.05, 3.63) is 315 Å². The second kappa shape index (κ2) is 43.3. The first kappa shape index (κ1) is 82.3. The highest BCUT2D eigenvalue weighted by molar-refractivity contribution is 8.02. The molecule has 4 nitrogen and oxygen atoms in total. The molecule has 0 aliphatic carbocycles. The molecule has 0 saturated heterocycles. The minimum atomic E-state index is -3.39. The number of carbonyl (C=O) groups is 1. The molecule has 13 heteroatoms. The van der Waals surface area contributed by atoms with Crippen LogP contribution < -0.4 is 4.74 Å². The Morgan fingerprint density at radius 1 is 0.276 bits per heavy atom. The number of hydrogen-bond donors (Lipinski definition) is 0. The fourth-order valence-electron chi connectivity index (χ4n) is 9.13. The van der Waals surface area contributed by atoms with Crippen molar-refractivity contribution in [2.24, 2.45) is 0 Å². The van der Waals surface area contributed by atoms with Crippen LogP contribution in [0.15, 0.2) is 297 Å². The maximum atomic E-state index is 12.3. The molecule has 0 atom stereocenters. The zero-order chi connectivity index (χ0) is 71.7. The van der Waals surface area contributed by atoms with Gasteiger partial charge in [0.2, 0.25) is 9.84 Å². The molecule has 512 valence electrons. The topological polar surface area (TPSA) is 60.4 Å². The van der Waals surface area contributed by atoms with Gasteiger partial charge in [-0.25, -0.2) is 8.42 Å². The molecular formula is C85H94O4S9. The Hall–Kier alpha value is -6.36. The lowest BCUT2D eigenvalue weighted by Gasteiger charge is -2.08. The van der Waals surface area contributed by atoms with Crippen LogP contribution in [0.1, 0.15) is 77.1 Å². The summed E-state index contributed by atoms with van der Waals surface area (Å²) in [7, 11) is -3.39. The smallest absolute Gasteiger partial charge is 0.206 e. The van der Waals surface area contributed by atoms with Crippen molar-refractivity contribution in [2.45, 2.75) is 130 Å². The first-order chi connectivity index (χ1) is 46.9. The van der Waals surface area contributed by atoms with E-state index in [4.69, 9.17) is 4.74 Å². The average Bonchev–Trinajstić information content (AvgIpc) is 0.814. The van der Waals surface area contributed by atoms with Crippen LogP contribution in [0.25, 0.3) is 0 Å². The van der Waals surface area contributed by atoms with E-state index in [-0.39, 0.29) is 5.78 Å². The van der Waals surface area contributed by atoms with Crippen molar-refractivity contribution in [3.8, 4) is 11.5 Å². The molecule has 0 amide bonds. The molecule has 11 rings (SSSR count). The third kappa shape index (κ3) is 28.3. The third-order valence-electron chi connectivity index (χ3n) is 15.0. The van der Waals surface area contributed by atoms with E-state index in [9.17, 15) is 13.2 Å². The molecule has 0 unspecified atom stereocenters. The number of ketones is 1. The maximum absolute atomic E-state index is 12.3. The molecule has 0 saturated carbocycles. The molecule has 0 aromatic heterocycles. The fourth-order valence-corrected chi connectivity index (χ4v) is 15.2. The Morgan fingerprint density at radius 2 is 0.622 bits per heavy atom. The van der Waals surface area contributed by atoms with Gasteiger partial charge in [0.1, 0.15) is 11.5 Å². The summed E-state index contributed by atoms with van der Waals surface area (Å²) in [5.74, 6) is 1.84. The highest BCUT2D eigenvalue weighted by Crippen LogP contribution is 2.36. The first-order valence-corrected chi connectivity index (χ1v) is 42.6. The van der Waals surface area contributed by atoms with Gasteiger partial charge in [-0.1, -0.05) is 142 Å². The van der Waals surface area contributed by atoms with Crippen LogP contribution >= 0.6 is 94.1 Å². The van der Waals surface area contributed by atoms with Crippen LogP contribution in [0, 0.1) is 76.2 Å². The summed E-state index contributed by atoms with van der Waals surface area (Å²) in [6.45, 7) is 23.1. The number of carbonyl (C=O) groups excluding carboxylic acids is 1. The lowest BCUT2D eigenvalue weighted by Crippen LogP contribution is -2.01. The lowest BCUT2D eigenvalue weighted by atomic mass is 10.0. The van der Waals surface area contributed by atoms with E-state index >= 15 is 0 Å². The van der Waals surface area contributed by atoms with Crippen LogP contribution in [0.4, 0.5) is 0 Å². The van der Waals surface area contributed by atoms with Gasteiger partial charge in [0.25, 0.3) is 0 Å². The SMILES string of the molecule is CSc1cc(C)c(C)cc1C.CSc1ccc(C(=O)c2ccc(C)cc2)cc1.CSc1ccc(C)cc1C.CSc1ccc(C)cc1Sc1ccc(C)cc1.CSc1ccc(Oc2ccc(C)cc2)cc1.CSc1ccc(S(=O)(=O)c2ccc(C)cc2)cc1.CSc1cccc(C)c1. The Kier molecular flexibility index (Phi) is 36.4. The summed E-state index contributed by atoms with van der Waals surface area (Å²) in [5, 5.41) is 0. The Morgan fingerprint density at radius 3 is 1.07 bits per heavy atom. The highest BCUT2D eigenvalue weighted by Gasteiger charge is 2.17. The van der Waals surface area contributed by atoms with Gasteiger partial charge in [0.05, 0.1) is 9.79 Å². The van der Waals surface area contributed by atoms with Gasteiger partial charge in [-0.15, -0.1) is 82.3 Å². The van der Waals surface area contributed by atoms with Crippen molar-refractivity contribution in [3.63, 3.8) is 0 Å². The van der Waals surface area contributed by atoms with Crippen LogP contribution in [-0.4, -0.2) is 58.0 Å². The van der Waals surface area contributed by atoms with Gasteiger partial charge < -0.3 is 4.74 Å². The Bertz CT molecular complexity index is 4310.